The molecule has 29 heavy (non-hydrogen) atoms. The van der Waals surface area contributed by atoms with Crippen LogP contribution in [0.5, 0.6) is 5.75 Å². The molecule has 2 aromatic rings. The highest BCUT2D eigenvalue weighted by Gasteiger charge is 2.54. The fraction of sp³-hybridized carbons (Fsp3) is 0.481. The maximum Gasteiger partial charge on any atom is 0.134 e. The van der Waals surface area contributed by atoms with Gasteiger partial charge in [-0.05, 0) is 103 Å². The maximum absolute atomic E-state index is 10.7. The summed E-state index contributed by atoms with van der Waals surface area (Å²) < 4.78 is 5.88. The van der Waals surface area contributed by atoms with E-state index in [0.717, 1.165) is 25.0 Å². The summed E-state index contributed by atoms with van der Waals surface area (Å²) in [7, 11) is 0. The number of aryl methyl sites for hydroxylation is 2. The third-order valence-corrected chi connectivity index (χ3v) is 8.42. The number of ether oxygens (including phenoxy) is 1. The van der Waals surface area contributed by atoms with Gasteiger partial charge in [-0.25, -0.2) is 0 Å². The van der Waals surface area contributed by atoms with Gasteiger partial charge in [0.25, 0.3) is 0 Å². The summed E-state index contributed by atoms with van der Waals surface area (Å²) in [4.78, 5) is 0. The Bertz CT molecular complexity index is 946. The third-order valence-electron chi connectivity index (χ3n) is 8.42. The molecule has 3 aliphatic rings. The van der Waals surface area contributed by atoms with Gasteiger partial charge in [0.05, 0.1) is 12.4 Å². The average molecular weight is 389 g/mol. The third kappa shape index (κ3) is 2.87. The first kappa shape index (κ1) is 18.9. The molecule has 0 unspecified atom stereocenters. The van der Waals surface area contributed by atoms with Crippen LogP contribution in [0.15, 0.2) is 49.2 Å². The molecule has 5 atom stereocenters. The van der Waals surface area contributed by atoms with Crippen molar-refractivity contribution >= 4 is 0 Å². The number of hydrogen-bond donors (Lipinski definition) is 1. The topological polar surface area (TPSA) is 29.5 Å². The van der Waals surface area contributed by atoms with Gasteiger partial charge in [-0.2, -0.15) is 0 Å². The van der Waals surface area contributed by atoms with Crippen LogP contribution in [0.1, 0.15) is 61.6 Å². The summed E-state index contributed by atoms with van der Waals surface area (Å²) in [6.45, 7) is 8.31. The smallest absolute Gasteiger partial charge is 0.134 e. The van der Waals surface area contributed by atoms with Gasteiger partial charge in [0.2, 0.25) is 0 Å². The van der Waals surface area contributed by atoms with Crippen molar-refractivity contribution in [2.75, 3.05) is 0 Å². The van der Waals surface area contributed by atoms with Gasteiger partial charge in [-0.1, -0.05) is 37.8 Å². The fourth-order valence-electron chi connectivity index (χ4n) is 6.84. The van der Waals surface area contributed by atoms with E-state index in [1.807, 2.05) is 0 Å². The largest absolute Gasteiger partial charge is 0.465 e. The molecule has 5 rings (SSSR count). The molecule has 0 radical (unpaired) electrons. The first-order chi connectivity index (χ1) is 14.0. The van der Waals surface area contributed by atoms with Crippen LogP contribution >= 0.6 is 0 Å². The van der Waals surface area contributed by atoms with Crippen molar-refractivity contribution in [1.82, 2.24) is 0 Å². The first-order valence-corrected chi connectivity index (χ1v) is 11.2. The quantitative estimate of drug-likeness (QED) is 0.616. The minimum Gasteiger partial charge on any atom is -0.465 e. The van der Waals surface area contributed by atoms with Crippen molar-refractivity contribution in [2.24, 2.45) is 17.3 Å². The van der Waals surface area contributed by atoms with Crippen LogP contribution in [0.3, 0.4) is 0 Å². The lowest BCUT2D eigenvalue weighted by molar-refractivity contribution is -0.0226. The first-order valence-electron chi connectivity index (χ1n) is 11.2. The summed E-state index contributed by atoms with van der Waals surface area (Å²) in [5.74, 6) is 2.90. The predicted octanol–water partition coefficient (Wildman–Crippen LogP) is 6.40. The van der Waals surface area contributed by atoms with E-state index in [9.17, 15) is 5.11 Å². The summed E-state index contributed by atoms with van der Waals surface area (Å²) in [5.41, 5.74) is 6.79. The van der Waals surface area contributed by atoms with Crippen LogP contribution in [0.2, 0.25) is 0 Å². The standard InChI is InChI=1S/C27H32O2/c1-4-29-25-15-18-9-10-21-20(13-14-27(3)24(21)11-12-26(27)28)22(18)16-23(25)19-8-6-5-7-17(19)2/h4-8,15-16,20-21,24,26,28H,1,9-14H2,2-3H3/t20-,21+,24-,26-,27-/m0/s1. The number of rotatable bonds is 3. The molecule has 0 spiro atoms. The predicted molar refractivity (Wildman–Crippen MR) is 118 cm³/mol. The number of aliphatic hydroxyl groups is 1. The Morgan fingerprint density at radius 1 is 1.10 bits per heavy atom. The van der Waals surface area contributed by atoms with Crippen LogP contribution in [-0.2, 0) is 6.42 Å². The SMILES string of the molecule is C=COc1cc2c(cc1-c1ccccc1C)[C@H]1CC[C@]3(C)[C@@H](O)CC[C@H]3[C@@H]1CC2. The normalized spacial score (nSPS) is 32.8. The van der Waals surface area contributed by atoms with Crippen molar-refractivity contribution in [3.8, 4) is 16.9 Å². The number of benzene rings is 2. The van der Waals surface area contributed by atoms with Crippen LogP contribution in [0.25, 0.3) is 11.1 Å². The van der Waals surface area contributed by atoms with Gasteiger partial charge in [0.1, 0.15) is 5.75 Å². The van der Waals surface area contributed by atoms with Crippen molar-refractivity contribution in [3.63, 3.8) is 0 Å². The molecular formula is C27H32O2. The summed E-state index contributed by atoms with van der Waals surface area (Å²) in [5, 5.41) is 10.7. The number of aliphatic hydroxyl groups excluding tert-OH is 1. The summed E-state index contributed by atoms with van der Waals surface area (Å²) in [6, 6.07) is 13.2. The fourth-order valence-corrected chi connectivity index (χ4v) is 6.84. The van der Waals surface area contributed by atoms with Gasteiger partial charge in [-0.15, -0.1) is 0 Å². The van der Waals surface area contributed by atoms with Crippen LogP contribution in [-0.4, -0.2) is 11.2 Å². The maximum atomic E-state index is 10.7. The van der Waals surface area contributed by atoms with E-state index in [1.165, 1.54) is 47.1 Å². The molecule has 3 aliphatic carbocycles. The zero-order valence-corrected chi connectivity index (χ0v) is 17.7. The average Bonchev–Trinajstić information content (AvgIpc) is 3.03. The number of fused-ring (bicyclic) bond motifs is 5. The zero-order chi connectivity index (χ0) is 20.2. The second-order valence-electron chi connectivity index (χ2n) is 9.70. The van der Waals surface area contributed by atoms with E-state index in [0.29, 0.717) is 17.8 Å². The Morgan fingerprint density at radius 2 is 1.93 bits per heavy atom. The molecule has 0 aliphatic heterocycles. The van der Waals surface area contributed by atoms with Crippen molar-refractivity contribution in [1.29, 1.82) is 0 Å². The van der Waals surface area contributed by atoms with E-state index in [-0.39, 0.29) is 11.5 Å². The lowest BCUT2D eigenvalue weighted by Crippen LogP contribution is -2.43. The molecule has 2 nitrogen and oxygen atoms in total. The summed E-state index contributed by atoms with van der Waals surface area (Å²) in [6.07, 6.45) is 8.29. The molecule has 2 heteroatoms. The van der Waals surface area contributed by atoms with Crippen LogP contribution < -0.4 is 4.74 Å². The van der Waals surface area contributed by atoms with E-state index in [2.05, 4.69) is 56.8 Å². The lowest BCUT2D eigenvalue weighted by atomic mass is 9.55. The van der Waals surface area contributed by atoms with Gasteiger partial charge >= 0.3 is 0 Å². The van der Waals surface area contributed by atoms with Gasteiger partial charge in [0, 0.05) is 5.56 Å². The number of hydrogen-bond acceptors (Lipinski definition) is 2. The summed E-state index contributed by atoms with van der Waals surface area (Å²) >= 11 is 0. The highest BCUT2D eigenvalue weighted by atomic mass is 16.5. The van der Waals surface area contributed by atoms with E-state index in [1.54, 1.807) is 6.26 Å². The Balaban J connectivity index is 1.60. The van der Waals surface area contributed by atoms with Gasteiger partial charge < -0.3 is 9.84 Å². The van der Waals surface area contributed by atoms with E-state index in [4.69, 9.17) is 4.74 Å². The molecule has 2 aromatic carbocycles. The molecule has 0 bridgehead atoms. The lowest BCUT2D eigenvalue weighted by Gasteiger charge is -2.50. The molecule has 0 heterocycles. The Morgan fingerprint density at radius 3 is 2.72 bits per heavy atom. The van der Waals surface area contributed by atoms with Gasteiger partial charge in [-0.3, -0.25) is 0 Å². The van der Waals surface area contributed by atoms with Crippen molar-refractivity contribution in [2.45, 2.75) is 64.4 Å². The van der Waals surface area contributed by atoms with Crippen LogP contribution in [0.4, 0.5) is 0 Å². The van der Waals surface area contributed by atoms with Gasteiger partial charge in [0.15, 0.2) is 0 Å². The molecule has 0 aromatic heterocycles. The minimum atomic E-state index is -0.110. The monoisotopic (exact) mass is 388 g/mol. The Hall–Kier alpha value is -2.06. The second-order valence-corrected chi connectivity index (χ2v) is 9.70. The highest BCUT2D eigenvalue weighted by Crippen LogP contribution is 2.61. The molecule has 0 saturated heterocycles. The van der Waals surface area contributed by atoms with E-state index < -0.39 is 0 Å². The Kier molecular flexibility index (Phi) is 4.58. The van der Waals surface area contributed by atoms with Crippen molar-refractivity contribution in [3.05, 3.63) is 65.9 Å². The minimum absolute atomic E-state index is 0.110. The second kappa shape index (κ2) is 7.02. The Labute approximate surface area is 174 Å². The molecule has 2 saturated carbocycles. The van der Waals surface area contributed by atoms with Crippen molar-refractivity contribution < 1.29 is 9.84 Å². The molecular weight excluding hydrogens is 356 g/mol. The molecule has 1 N–H and O–H groups in total. The molecule has 0 amide bonds. The zero-order valence-electron chi connectivity index (χ0n) is 17.7. The highest BCUT2D eigenvalue weighted by molar-refractivity contribution is 5.75. The molecule has 2 fully saturated rings. The van der Waals surface area contributed by atoms with Crippen LogP contribution in [0, 0.1) is 24.2 Å². The van der Waals surface area contributed by atoms with E-state index >= 15 is 0 Å². The molecule has 152 valence electrons.